The van der Waals surface area contributed by atoms with Gasteiger partial charge in [0.2, 0.25) is 5.91 Å². The van der Waals surface area contributed by atoms with Gasteiger partial charge in [-0.3, -0.25) is 4.79 Å². The van der Waals surface area contributed by atoms with Crippen LogP contribution in [0, 0.1) is 0 Å². The molecule has 0 bridgehead atoms. The van der Waals surface area contributed by atoms with Crippen molar-refractivity contribution in [1.82, 2.24) is 10.6 Å². The Morgan fingerprint density at radius 3 is 2.88 bits per heavy atom. The van der Waals surface area contributed by atoms with Crippen molar-refractivity contribution in [3.8, 4) is 0 Å². The van der Waals surface area contributed by atoms with E-state index in [4.69, 9.17) is 4.74 Å². The van der Waals surface area contributed by atoms with E-state index < -0.39 is 0 Å². The molecule has 92 valence electrons. The van der Waals surface area contributed by atoms with E-state index in [1.165, 1.54) is 0 Å². The van der Waals surface area contributed by atoms with Crippen LogP contribution >= 0.6 is 0 Å². The molecule has 2 rings (SSSR count). The first-order valence-electron chi connectivity index (χ1n) is 6.07. The molecule has 2 fully saturated rings. The number of carbonyl (C=O) groups excluding carboxylic acids is 1. The van der Waals surface area contributed by atoms with Crippen LogP contribution in [0.5, 0.6) is 0 Å². The highest BCUT2D eigenvalue weighted by molar-refractivity contribution is 5.82. The van der Waals surface area contributed by atoms with Crippen LogP contribution in [0.25, 0.3) is 0 Å². The van der Waals surface area contributed by atoms with Crippen LogP contribution < -0.4 is 10.6 Å². The molecular formula is C11H20N2O3. The van der Waals surface area contributed by atoms with Crippen molar-refractivity contribution in [1.29, 1.82) is 0 Å². The smallest absolute Gasteiger partial charge is 0.239 e. The molecule has 5 nitrogen and oxygen atoms in total. The van der Waals surface area contributed by atoms with Crippen LogP contribution in [0.2, 0.25) is 0 Å². The lowest BCUT2D eigenvalue weighted by molar-refractivity contribution is -0.127. The molecule has 2 aliphatic rings. The van der Waals surface area contributed by atoms with Crippen LogP contribution in [-0.4, -0.2) is 49.0 Å². The number of ether oxygens (including phenoxy) is 1. The lowest BCUT2D eigenvalue weighted by atomic mass is 9.92. The maximum Gasteiger partial charge on any atom is 0.239 e. The molecule has 3 atom stereocenters. The van der Waals surface area contributed by atoms with Crippen molar-refractivity contribution in [3.05, 3.63) is 0 Å². The van der Waals surface area contributed by atoms with E-state index in [0.29, 0.717) is 19.8 Å². The summed E-state index contributed by atoms with van der Waals surface area (Å²) in [6, 6.07) is -0.340. The highest BCUT2D eigenvalue weighted by Crippen LogP contribution is 2.18. The number of aliphatic hydroxyl groups excluding tert-OH is 1. The molecule has 16 heavy (non-hydrogen) atoms. The van der Waals surface area contributed by atoms with Crippen molar-refractivity contribution >= 4 is 5.91 Å². The Balaban J connectivity index is 1.80. The Morgan fingerprint density at radius 1 is 1.38 bits per heavy atom. The normalized spacial score (nSPS) is 35.7. The van der Waals surface area contributed by atoms with E-state index >= 15 is 0 Å². The molecular weight excluding hydrogens is 208 g/mol. The summed E-state index contributed by atoms with van der Waals surface area (Å²) in [5, 5.41) is 15.8. The average Bonchev–Trinajstić information content (AvgIpc) is 2.33. The molecule has 0 radical (unpaired) electrons. The Morgan fingerprint density at radius 2 is 2.19 bits per heavy atom. The lowest BCUT2D eigenvalue weighted by Gasteiger charge is -2.31. The van der Waals surface area contributed by atoms with Crippen molar-refractivity contribution < 1.29 is 14.6 Å². The number of aliphatic hydroxyl groups is 1. The lowest BCUT2D eigenvalue weighted by Crippen LogP contribution is -2.55. The Labute approximate surface area is 95.5 Å². The fourth-order valence-corrected chi connectivity index (χ4v) is 2.30. The third kappa shape index (κ3) is 2.93. The average molecular weight is 228 g/mol. The topological polar surface area (TPSA) is 70.6 Å². The second kappa shape index (κ2) is 5.61. The predicted octanol–water partition coefficient (Wildman–Crippen LogP) is -0.605. The highest BCUT2D eigenvalue weighted by Gasteiger charge is 2.28. The molecule has 1 saturated heterocycles. The summed E-state index contributed by atoms with van der Waals surface area (Å²) < 4.78 is 5.23. The van der Waals surface area contributed by atoms with Gasteiger partial charge >= 0.3 is 0 Å². The van der Waals surface area contributed by atoms with Gasteiger partial charge in [0.05, 0.1) is 25.4 Å². The van der Waals surface area contributed by atoms with Crippen molar-refractivity contribution in [2.75, 3.05) is 19.8 Å². The third-order valence-corrected chi connectivity index (χ3v) is 3.30. The Kier molecular flexibility index (Phi) is 4.15. The Bertz CT molecular complexity index is 241. The summed E-state index contributed by atoms with van der Waals surface area (Å²) in [4.78, 5) is 11.8. The van der Waals surface area contributed by atoms with E-state index in [1.54, 1.807) is 0 Å². The minimum absolute atomic E-state index is 0.0503. The summed E-state index contributed by atoms with van der Waals surface area (Å²) in [5.41, 5.74) is 0. The van der Waals surface area contributed by atoms with E-state index in [2.05, 4.69) is 10.6 Å². The van der Waals surface area contributed by atoms with Gasteiger partial charge in [-0.05, 0) is 12.8 Å². The molecule has 1 heterocycles. The molecule has 1 amide bonds. The first-order chi connectivity index (χ1) is 7.77. The predicted molar refractivity (Wildman–Crippen MR) is 59.0 cm³/mol. The SMILES string of the molecule is O=C(NC1CCCCC1O)C1COCCN1. The molecule has 1 aliphatic carbocycles. The summed E-state index contributed by atoms with van der Waals surface area (Å²) in [6.07, 6.45) is 3.41. The first kappa shape index (κ1) is 11.8. The molecule has 3 N–H and O–H groups in total. The zero-order valence-corrected chi connectivity index (χ0v) is 9.45. The molecule has 1 saturated carbocycles. The van der Waals surface area contributed by atoms with Gasteiger partial charge in [-0.15, -0.1) is 0 Å². The second-order valence-electron chi connectivity index (χ2n) is 4.55. The first-order valence-corrected chi connectivity index (χ1v) is 6.07. The molecule has 0 aromatic rings. The van der Waals surface area contributed by atoms with Crippen LogP contribution in [0.4, 0.5) is 0 Å². The van der Waals surface area contributed by atoms with Crippen LogP contribution in [0.3, 0.4) is 0 Å². The van der Waals surface area contributed by atoms with Crippen LogP contribution in [0.1, 0.15) is 25.7 Å². The standard InChI is InChI=1S/C11H20N2O3/c14-10-4-2-1-3-8(10)13-11(15)9-7-16-6-5-12-9/h8-10,12,14H,1-7H2,(H,13,15). The minimum Gasteiger partial charge on any atom is -0.391 e. The van der Waals surface area contributed by atoms with Crippen molar-refractivity contribution in [2.45, 2.75) is 43.9 Å². The van der Waals surface area contributed by atoms with Crippen molar-refractivity contribution in [2.24, 2.45) is 0 Å². The maximum atomic E-state index is 11.8. The van der Waals surface area contributed by atoms with Gasteiger partial charge in [-0.25, -0.2) is 0 Å². The van der Waals surface area contributed by atoms with Gasteiger partial charge in [0.25, 0.3) is 0 Å². The largest absolute Gasteiger partial charge is 0.391 e. The summed E-state index contributed by atoms with van der Waals surface area (Å²) in [7, 11) is 0. The van der Waals surface area contributed by atoms with Gasteiger partial charge in [-0.1, -0.05) is 12.8 Å². The number of carbonyl (C=O) groups is 1. The number of rotatable bonds is 2. The fraction of sp³-hybridized carbons (Fsp3) is 0.909. The monoisotopic (exact) mass is 228 g/mol. The van der Waals surface area contributed by atoms with E-state index in [0.717, 1.165) is 25.7 Å². The van der Waals surface area contributed by atoms with Gasteiger partial charge in [0, 0.05) is 6.54 Å². The van der Waals surface area contributed by atoms with Gasteiger partial charge in [0.1, 0.15) is 6.04 Å². The van der Waals surface area contributed by atoms with E-state index in [1.807, 2.05) is 0 Å². The van der Waals surface area contributed by atoms with E-state index in [9.17, 15) is 9.90 Å². The van der Waals surface area contributed by atoms with Gasteiger partial charge in [-0.2, -0.15) is 0 Å². The Hall–Kier alpha value is -0.650. The second-order valence-corrected chi connectivity index (χ2v) is 4.55. The van der Waals surface area contributed by atoms with Crippen LogP contribution in [-0.2, 0) is 9.53 Å². The van der Waals surface area contributed by atoms with Gasteiger partial charge in [0.15, 0.2) is 0 Å². The zero-order chi connectivity index (χ0) is 11.4. The summed E-state index contributed by atoms with van der Waals surface area (Å²) >= 11 is 0. The van der Waals surface area contributed by atoms with Crippen LogP contribution in [0.15, 0.2) is 0 Å². The minimum atomic E-state index is -0.387. The highest BCUT2D eigenvalue weighted by atomic mass is 16.5. The molecule has 0 aromatic carbocycles. The molecule has 1 aliphatic heterocycles. The number of nitrogens with one attached hydrogen (secondary N) is 2. The summed E-state index contributed by atoms with van der Waals surface area (Å²) in [5.74, 6) is -0.0503. The molecule has 3 unspecified atom stereocenters. The number of hydrogen-bond acceptors (Lipinski definition) is 4. The van der Waals surface area contributed by atoms with Crippen molar-refractivity contribution in [3.63, 3.8) is 0 Å². The number of amides is 1. The van der Waals surface area contributed by atoms with E-state index in [-0.39, 0.29) is 24.1 Å². The fourth-order valence-electron chi connectivity index (χ4n) is 2.30. The number of morpholine rings is 1. The maximum absolute atomic E-state index is 11.8. The quantitative estimate of drug-likeness (QED) is 0.590. The number of hydrogen-bond donors (Lipinski definition) is 3. The summed E-state index contributed by atoms with van der Waals surface area (Å²) in [6.45, 7) is 1.80. The molecule has 5 heteroatoms. The van der Waals surface area contributed by atoms with Gasteiger partial charge < -0.3 is 20.5 Å². The zero-order valence-electron chi connectivity index (χ0n) is 9.45. The molecule has 0 spiro atoms. The third-order valence-electron chi connectivity index (χ3n) is 3.30. The molecule has 0 aromatic heterocycles.